The monoisotopic (exact) mass is 270 g/mol. The number of hydrogen-bond donors (Lipinski definition) is 1. The molecule has 0 aliphatic heterocycles. The standard InChI is InChI=1S/C15H30N2O2/c1-5-16-15(2,14(18)19-4)10-11-17(3)12-13-8-6-7-9-13/h13,16H,5-12H2,1-4H3. The third kappa shape index (κ3) is 5.11. The molecule has 4 heteroatoms. The number of nitrogens with one attached hydrogen (secondary N) is 1. The molecule has 0 bridgehead atoms. The number of hydrogen-bond acceptors (Lipinski definition) is 4. The predicted octanol–water partition coefficient (Wildman–Crippen LogP) is 2.04. The summed E-state index contributed by atoms with van der Waals surface area (Å²) in [6, 6.07) is 0. The number of carbonyl (C=O) groups excluding carboxylic acids is 1. The third-order valence-corrected chi connectivity index (χ3v) is 4.24. The second-order valence-corrected chi connectivity index (χ2v) is 6.02. The second kappa shape index (κ2) is 7.85. The molecule has 19 heavy (non-hydrogen) atoms. The molecule has 0 heterocycles. The molecule has 1 atom stereocenters. The van der Waals surface area contributed by atoms with E-state index in [1.54, 1.807) is 0 Å². The summed E-state index contributed by atoms with van der Waals surface area (Å²) >= 11 is 0. The molecule has 112 valence electrons. The molecule has 1 aliphatic rings. The zero-order chi connectivity index (χ0) is 14.3. The van der Waals surface area contributed by atoms with Crippen molar-refractivity contribution in [2.45, 2.75) is 51.5 Å². The van der Waals surface area contributed by atoms with Crippen LogP contribution in [0.1, 0.15) is 46.0 Å². The van der Waals surface area contributed by atoms with Crippen molar-refractivity contribution in [2.75, 3.05) is 33.8 Å². The molecule has 1 saturated carbocycles. The van der Waals surface area contributed by atoms with Gasteiger partial charge in [0.2, 0.25) is 0 Å². The van der Waals surface area contributed by atoms with Gasteiger partial charge in [0, 0.05) is 13.1 Å². The first-order valence-electron chi connectivity index (χ1n) is 7.54. The van der Waals surface area contributed by atoms with Crippen molar-refractivity contribution >= 4 is 5.97 Å². The van der Waals surface area contributed by atoms with Gasteiger partial charge in [0.25, 0.3) is 0 Å². The van der Waals surface area contributed by atoms with Gasteiger partial charge >= 0.3 is 5.97 Å². The fraction of sp³-hybridized carbons (Fsp3) is 0.933. The van der Waals surface area contributed by atoms with Crippen molar-refractivity contribution in [2.24, 2.45) is 5.92 Å². The van der Waals surface area contributed by atoms with Crippen LogP contribution in [0, 0.1) is 5.92 Å². The van der Waals surface area contributed by atoms with E-state index in [1.807, 2.05) is 13.8 Å². The van der Waals surface area contributed by atoms with Crippen molar-refractivity contribution < 1.29 is 9.53 Å². The van der Waals surface area contributed by atoms with E-state index in [1.165, 1.54) is 32.8 Å². The lowest BCUT2D eigenvalue weighted by Crippen LogP contribution is -2.51. The van der Waals surface area contributed by atoms with Gasteiger partial charge in [-0.15, -0.1) is 0 Å². The van der Waals surface area contributed by atoms with Crippen LogP contribution in [0.3, 0.4) is 0 Å². The van der Waals surface area contributed by atoms with E-state index in [-0.39, 0.29) is 5.97 Å². The zero-order valence-electron chi connectivity index (χ0n) is 13.0. The average Bonchev–Trinajstić information content (AvgIpc) is 2.88. The lowest BCUT2D eigenvalue weighted by Gasteiger charge is -2.30. The number of nitrogens with zero attached hydrogens (tertiary/aromatic N) is 1. The van der Waals surface area contributed by atoms with Gasteiger partial charge in [0.05, 0.1) is 7.11 Å². The van der Waals surface area contributed by atoms with Gasteiger partial charge in [-0.05, 0) is 45.7 Å². The molecule has 4 nitrogen and oxygen atoms in total. The van der Waals surface area contributed by atoms with Crippen LogP contribution < -0.4 is 5.32 Å². The van der Waals surface area contributed by atoms with E-state index in [4.69, 9.17) is 4.74 Å². The van der Waals surface area contributed by atoms with Crippen molar-refractivity contribution in [1.82, 2.24) is 10.2 Å². The SMILES string of the molecule is CCNC(C)(CCN(C)CC1CCCC1)C(=O)OC. The molecule has 1 N–H and O–H groups in total. The van der Waals surface area contributed by atoms with Crippen molar-refractivity contribution in [3.63, 3.8) is 0 Å². The fourth-order valence-electron chi connectivity index (χ4n) is 3.02. The first-order valence-corrected chi connectivity index (χ1v) is 7.54. The maximum atomic E-state index is 11.9. The summed E-state index contributed by atoms with van der Waals surface area (Å²) in [6.45, 7) is 6.81. The normalized spacial score (nSPS) is 19.6. The number of carbonyl (C=O) groups is 1. The highest BCUT2D eigenvalue weighted by atomic mass is 16.5. The van der Waals surface area contributed by atoms with E-state index < -0.39 is 5.54 Å². The topological polar surface area (TPSA) is 41.6 Å². The van der Waals surface area contributed by atoms with E-state index in [0.29, 0.717) is 0 Å². The molecule has 0 aromatic carbocycles. The highest BCUT2D eigenvalue weighted by Crippen LogP contribution is 2.25. The first kappa shape index (κ1) is 16.4. The number of rotatable bonds is 8. The van der Waals surface area contributed by atoms with Crippen LogP contribution in [-0.2, 0) is 9.53 Å². The highest BCUT2D eigenvalue weighted by Gasteiger charge is 2.33. The van der Waals surface area contributed by atoms with E-state index in [2.05, 4.69) is 17.3 Å². The van der Waals surface area contributed by atoms with Gasteiger partial charge in [-0.25, -0.2) is 0 Å². The summed E-state index contributed by atoms with van der Waals surface area (Å²) in [7, 11) is 3.61. The van der Waals surface area contributed by atoms with E-state index >= 15 is 0 Å². The Morgan fingerprint density at radius 2 is 2.05 bits per heavy atom. The minimum Gasteiger partial charge on any atom is -0.468 e. The Morgan fingerprint density at radius 3 is 2.58 bits per heavy atom. The largest absolute Gasteiger partial charge is 0.468 e. The maximum absolute atomic E-state index is 11.9. The Morgan fingerprint density at radius 1 is 1.42 bits per heavy atom. The molecule has 0 amide bonds. The number of esters is 1. The molecule has 1 aliphatic carbocycles. The average molecular weight is 270 g/mol. The molecule has 1 unspecified atom stereocenters. The molecule has 1 rings (SSSR count). The summed E-state index contributed by atoms with van der Waals surface area (Å²) in [6.07, 6.45) is 6.29. The number of ether oxygens (including phenoxy) is 1. The molecule has 0 saturated heterocycles. The Hall–Kier alpha value is -0.610. The number of methoxy groups -OCH3 is 1. The quantitative estimate of drug-likeness (QED) is 0.685. The van der Waals surface area contributed by atoms with Gasteiger partial charge in [0.1, 0.15) is 5.54 Å². The molecule has 0 radical (unpaired) electrons. The van der Waals surface area contributed by atoms with Crippen LogP contribution >= 0.6 is 0 Å². The van der Waals surface area contributed by atoms with Crippen LogP contribution in [0.25, 0.3) is 0 Å². The minimum absolute atomic E-state index is 0.163. The van der Waals surface area contributed by atoms with Crippen LogP contribution in [0.5, 0.6) is 0 Å². The van der Waals surface area contributed by atoms with Crippen LogP contribution in [-0.4, -0.2) is 50.2 Å². The van der Waals surface area contributed by atoms with E-state index in [9.17, 15) is 4.79 Å². The van der Waals surface area contributed by atoms with Gasteiger partial charge in [-0.3, -0.25) is 4.79 Å². The van der Waals surface area contributed by atoms with Crippen LogP contribution in [0.15, 0.2) is 0 Å². The summed E-state index contributed by atoms with van der Waals surface area (Å²) in [5, 5.41) is 3.26. The third-order valence-electron chi connectivity index (χ3n) is 4.24. The lowest BCUT2D eigenvalue weighted by molar-refractivity contribution is -0.148. The smallest absolute Gasteiger partial charge is 0.325 e. The number of likely N-dealkylation sites (N-methyl/N-ethyl adjacent to an activating group) is 1. The first-order chi connectivity index (χ1) is 9.01. The summed E-state index contributed by atoms with van der Waals surface area (Å²) in [5.74, 6) is 0.692. The minimum atomic E-state index is -0.562. The van der Waals surface area contributed by atoms with Gasteiger partial charge in [0.15, 0.2) is 0 Å². The molecule has 1 fully saturated rings. The van der Waals surface area contributed by atoms with Gasteiger partial charge in [-0.2, -0.15) is 0 Å². The Labute approximate surface area is 117 Å². The summed E-state index contributed by atoms with van der Waals surface area (Å²) in [4.78, 5) is 14.2. The predicted molar refractivity (Wildman–Crippen MR) is 78.2 cm³/mol. The second-order valence-electron chi connectivity index (χ2n) is 6.02. The van der Waals surface area contributed by atoms with Crippen LogP contribution in [0.4, 0.5) is 0 Å². The fourth-order valence-corrected chi connectivity index (χ4v) is 3.02. The van der Waals surface area contributed by atoms with Crippen molar-refractivity contribution in [1.29, 1.82) is 0 Å². The highest BCUT2D eigenvalue weighted by molar-refractivity contribution is 5.80. The summed E-state index contributed by atoms with van der Waals surface area (Å²) < 4.78 is 4.91. The summed E-state index contributed by atoms with van der Waals surface area (Å²) in [5.41, 5.74) is -0.562. The van der Waals surface area contributed by atoms with Gasteiger partial charge in [-0.1, -0.05) is 19.8 Å². The molecule has 0 spiro atoms. The Bertz CT molecular complexity index is 277. The molecular formula is C15H30N2O2. The van der Waals surface area contributed by atoms with Crippen molar-refractivity contribution in [3.05, 3.63) is 0 Å². The van der Waals surface area contributed by atoms with Crippen molar-refractivity contribution in [3.8, 4) is 0 Å². The Balaban J connectivity index is 2.39. The molecule has 0 aromatic heterocycles. The van der Waals surface area contributed by atoms with E-state index in [0.717, 1.165) is 32.0 Å². The van der Waals surface area contributed by atoms with Gasteiger partial charge < -0.3 is 15.0 Å². The Kier molecular flexibility index (Phi) is 6.80. The van der Waals surface area contributed by atoms with Crippen LogP contribution in [0.2, 0.25) is 0 Å². The molecule has 0 aromatic rings. The lowest BCUT2D eigenvalue weighted by atomic mass is 9.97. The maximum Gasteiger partial charge on any atom is 0.325 e. The zero-order valence-corrected chi connectivity index (χ0v) is 13.0. The molecular weight excluding hydrogens is 240 g/mol.